The predicted molar refractivity (Wildman–Crippen MR) is 27.1 cm³/mol. The normalized spacial score (nSPS) is 32.8. The van der Waals surface area contributed by atoms with Crippen LogP contribution < -0.4 is 5.31 Å². The van der Waals surface area contributed by atoms with Crippen molar-refractivity contribution in [2.75, 3.05) is 6.54 Å². The average molecular weight is 140 g/mol. The van der Waals surface area contributed by atoms with Gasteiger partial charge in [-0.2, -0.15) is 13.2 Å². The second kappa shape index (κ2) is 2.17. The minimum Gasteiger partial charge on any atom is -0.306 e. The molecule has 0 amide bonds. The zero-order valence-electron chi connectivity index (χ0n) is 5.78. The molecule has 0 aromatic heterocycles. The molecule has 0 bridgehead atoms. The Balaban J connectivity index is 2.55. The molecule has 1 rings (SSSR count). The lowest BCUT2D eigenvalue weighted by Gasteiger charge is -2.13. The zero-order chi connectivity index (χ0) is 7.78. The monoisotopic (exact) mass is 140 g/mol. The Hall–Kier alpha value is -0.250. The summed E-state index contributed by atoms with van der Waals surface area (Å²) < 4.78 is 42.4. The van der Waals surface area contributed by atoms with Crippen molar-refractivity contribution in [2.24, 2.45) is 0 Å². The van der Waals surface area contributed by atoms with Crippen LogP contribution in [0.25, 0.3) is 0 Å². The molecule has 1 nitrogen and oxygen atoms in total. The molecule has 0 aliphatic carbocycles. The molecular weight excluding hydrogens is 131 g/mol. The summed E-state index contributed by atoms with van der Waals surface area (Å²) in [6.45, 7) is 0.240. The third-order valence-corrected chi connectivity index (χ3v) is 1.36. The smallest absolute Gasteiger partial charge is 0.306 e. The highest BCUT2D eigenvalue weighted by atomic mass is 19.4. The minimum absolute atomic E-state index is 0.0764. The van der Waals surface area contributed by atoms with Crippen molar-refractivity contribution in [1.82, 2.24) is 5.31 Å². The highest BCUT2D eigenvalue weighted by Crippen LogP contribution is 2.25. The summed E-state index contributed by atoms with van der Waals surface area (Å²) in [5, 5.41) is 0.611. The van der Waals surface area contributed by atoms with Crippen LogP contribution in [0, 0.1) is 0 Å². The Kier molecular flexibility index (Phi) is 1.33. The minimum atomic E-state index is -4.21. The molecule has 0 saturated carbocycles. The van der Waals surface area contributed by atoms with Gasteiger partial charge in [-0.15, -0.1) is 0 Å². The topological polar surface area (TPSA) is 12.0 Å². The first-order chi connectivity index (χ1) is 4.52. The molecule has 0 spiro atoms. The van der Waals surface area contributed by atoms with Crippen LogP contribution >= 0.6 is 0 Å². The third kappa shape index (κ3) is 1.58. The van der Waals surface area contributed by atoms with E-state index in [0.29, 0.717) is 11.7 Å². The van der Waals surface area contributed by atoms with E-state index in [-0.39, 0.29) is 13.0 Å². The molecule has 0 aromatic carbocycles. The summed E-state index contributed by atoms with van der Waals surface area (Å²) in [5.41, 5.74) is 0. The Morgan fingerprint density at radius 3 is 2.44 bits per heavy atom. The van der Waals surface area contributed by atoms with E-state index in [1.165, 1.54) is 0 Å². The highest BCUT2D eigenvalue weighted by Gasteiger charge is 2.40. The SMILES string of the molecule is [2H]N1CCCC1C(F)(F)F. The van der Waals surface area contributed by atoms with Gasteiger partial charge in [0, 0.05) is 0 Å². The van der Waals surface area contributed by atoms with Gasteiger partial charge < -0.3 is 5.31 Å². The standard InChI is InChI=1S/C5H8F3N/c6-5(7,8)4-2-1-3-9-4/h4,9H,1-3H2/i/hD. The van der Waals surface area contributed by atoms with Gasteiger partial charge in [0.25, 0.3) is 0 Å². The van der Waals surface area contributed by atoms with E-state index >= 15 is 0 Å². The first-order valence-corrected chi connectivity index (χ1v) is 2.84. The molecule has 1 fully saturated rings. The first-order valence-electron chi connectivity index (χ1n) is 3.29. The molecule has 0 aromatic rings. The average Bonchev–Trinajstić information content (AvgIpc) is 2.11. The largest absolute Gasteiger partial charge is 0.403 e. The van der Waals surface area contributed by atoms with Crippen LogP contribution in [0.5, 0.6) is 0 Å². The molecule has 1 saturated heterocycles. The fourth-order valence-corrected chi connectivity index (χ4v) is 0.890. The number of nitrogens with one attached hydrogen (secondary N) is 1. The number of rotatable bonds is 0. The van der Waals surface area contributed by atoms with Crippen LogP contribution in [0.3, 0.4) is 0 Å². The van der Waals surface area contributed by atoms with Crippen molar-refractivity contribution >= 4 is 0 Å². The quantitative estimate of drug-likeness (QED) is 0.534. The zero-order valence-corrected chi connectivity index (χ0v) is 4.78. The van der Waals surface area contributed by atoms with Crippen molar-refractivity contribution in [1.29, 1.82) is 0 Å². The molecule has 0 radical (unpaired) electrons. The Morgan fingerprint density at radius 2 is 2.22 bits per heavy atom. The van der Waals surface area contributed by atoms with Gasteiger partial charge in [-0.3, -0.25) is 0 Å². The second-order valence-corrected chi connectivity index (χ2v) is 2.11. The maximum atomic E-state index is 11.8. The highest BCUT2D eigenvalue weighted by molar-refractivity contribution is 4.80. The van der Waals surface area contributed by atoms with Gasteiger partial charge in [0.15, 0.2) is 0 Å². The summed E-state index contributed by atoms with van der Waals surface area (Å²) in [6, 6.07) is -1.52. The molecule has 1 N–H and O–H groups in total. The lowest BCUT2D eigenvalue weighted by Crippen LogP contribution is -2.36. The second-order valence-electron chi connectivity index (χ2n) is 2.11. The van der Waals surface area contributed by atoms with Crippen molar-refractivity contribution < 1.29 is 14.6 Å². The summed E-state index contributed by atoms with van der Waals surface area (Å²) in [4.78, 5) is 0. The third-order valence-electron chi connectivity index (χ3n) is 1.36. The predicted octanol–water partition coefficient (Wildman–Crippen LogP) is 1.30. The fourth-order valence-electron chi connectivity index (χ4n) is 0.890. The Morgan fingerprint density at radius 1 is 1.56 bits per heavy atom. The summed E-state index contributed by atoms with van der Waals surface area (Å²) in [6.07, 6.45) is -3.65. The lowest BCUT2D eigenvalue weighted by atomic mass is 10.2. The molecule has 1 aliphatic heterocycles. The molecule has 1 heterocycles. The molecule has 4 heteroatoms. The first kappa shape index (κ1) is 5.53. The maximum Gasteiger partial charge on any atom is 0.403 e. The van der Waals surface area contributed by atoms with Crippen LogP contribution in [0.15, 0.2) is 0 Å². The van der Waals surface area contributed by atoms with Gasteiger partial charge in [0.2, 0.25) is 0 Å². The van der Waals surface area contributed by atoms with Gasteiger partial charge in [-0.25, -0.2) is 0 Å². The van der Waals surface area contributed by atoms with Gasteiger partial charge in [-0.05, 0) is 19.4 Å². The van der Waals surface area contributed by atoms with Crippen LogP contribution in [0.4, 0.5) is 13.2 Å². The van der Waals surface area contributed by atoms with Crippen molar-refractivity contribution in [3.8, 4) is 0 Å². The van der Waals surface area contributed by atoms with E-state index in [4.69, 9.17) is 1.41 Å². The van der Waals surface area contributed by atoms with E-state index < -0.39 is 12.2 Å². The molecule has 1 unspecified atom stereocenters. The van der Waals surface area contributed by atoms with Crippen LogP contribution in [-0.4, -0.2) is 18.8 Å². The molecule has 1 atom stereocenters. The maximum absolute atomic E-state index is 11.8. The van der Waals surface area contributed by atoms with Crippen LogP contribution in [-0.2, 0) is 0 Å². The van der Waals surface area contributed by atoms with E-state index in [0.717, 1.165) is 0 Å². The van der Waals surface area contributed by atoms with E-state index in [1.807, 2.05) is 0 Å². The van der Waals surface area contributed by atoms with Gasteiger partial charge >= 0.3 is 6.18 Å². The molecule has 9 heavy (non-hydrogen) atoms. The summed E-state index contributed by atoms with van der Waals surface area (Å²) >= 11 is 0. The number of hydrogen-bond donors (Lipinski definition) is 1. The van der Waals surface area contributed by atoms with Gasteiger partial charge in [-0.1, -0.05) is 0 Å². The summed E-state index contributed by atoms with van der Waals surface area (Å²) in [7, 11) is 0. The van der Waals surface area contributed by atoms with Crippen LogP contribution in [0.1, 0.15) is 12.8 Å². The van der Waals surface area contributed by atoms with E-state index in [1.54, 1.807) is 0 Å². The summed E-state index contributed by atoms with van der Waals surface area (Å²) in [5.74, 6) is 0. The van der Waals surface area contributed by atoms with Crippen molar-refractivity contribution in [2.45, 2.75) is 25.1 Å². The lowest BCUT2D eigenvalue weighted by molar-refractivity contribution is -0.151. The van der Waals surface area contributed by atoms with E-state index in [2.05, 4.69) is 0 Å². The van der Waals surface area contributed by atoms with Crippen LogP contribution in [0.2, 0.25) is 1.41 Å². The van der Waals surface area contributed by atoms with Crippen molar-refractivity contribution in [3.63, 3.8) is 0 Å². The number of halogens is 3. The Bertz CT molecular complexity index is 125. The van der Waals surface area contributed by atoms with Crippen molar-refractivity contribution in [3.05, 3.63) is 0 Å². The number of alkyl halides is 3. The van der Waals surface area contributed by atoms with Gasteiger partial charge in [0.1, 0.15) is 7.45 Å². The van der Waals surface area contributed by atoms with Gasteiger partial charge in [0.05, 0.1) is 0 Å². The molecule has 1 aliphatic rings. The Labute approximate surface area is 52.7 Å². The molecular formula is C5H8F3N. The number of hydrogen-bond acceptors (Lipinski definition) is 1. The van der Waals surface area contributed by atoms with E-state index in [9.17, 15) is 13.2 Å². The fraction of sp³-hybridized carbons (Fsp3) is 1.00. The molecule has 54 valence electrons.